The average molecular weight is 285 g/mol. The number of aromatic nitrogens is 1. The average Bonchev–Trinajstić information content (AvgIpc) is 2.84. The highest BCUT2D eigenvalue weighted by molar-refractivity contribution is 7.09. The van der Waals surface area contributed by atoms with Crippen molar-refractivity contribution in [1.29, 1.82) is 0 Å². The highest BCUT2D eigenvalue weighted by Crippen LogP contribution is 2.29. The lowest BCUT2D eigenvalue weighted by atomic mass is 10.1. The molecule has 19 heavy (non-hydrogen) atoms. The molecule has 0 fully saturated rings. The van der Waals surface area contributed by atoms with Gasteiger partial charge in [0.25, 0.3) is 0 Å². The Bertz CT molecular complexity index is 560. The first-order valence-corrected chi connectivity index (χ1v) is 6.43. The van der Waals surface area contributed by atoms with E-state index < -0.39 is 11.7 Å². The largest absolute Gasteiger partial charge is 0.416 e. The second-order valence-electron chi connectivity index (χ2n) is 3.98. The van der Waals surface area contributed by atoms with E-state index in [2.05, 4.69) is 4.98 Å². The summed E-state index contributed by atoms with van der Waals surface area (Å²) < 4.78 is 37.1. The van der Waals surface area contributed by atoms with Gasteiger partial charge >= 0.3 is 6.18 Å². The van der Waals surface area contributed by atoms with Crippen LogP contribution in [0, 0.1) is 0 Å². The molecule has 0 spiro atoms. The monoisotopic (exact) mass is 285 g/mol. The van der Waals surface area contributed by atoms with Crippen molar-refractivity contribution in [2.75, 3.05) is 0 Å². The quantitative estimate of drug-likeness (QED) is 0.801. The fourth-order valence-electron chi connectivity index (χ4n) is 1.61. The molecule has 0 unspecified atom stereocenters. The van der Waals surface area contributed by atoms with Crippen molar-refractivity contribution >= 4 is 17.6 Å². The summed E-state index contributed by atoms with van der Waals surface area (Å²) in [6.45, 7) is 0. The molecular formula is C13H10F3NOS. The minimum Gasteiger partial charge on any atom is -0.296 e. The van der Waals surface area contributed by atoms with E-state index in [0.717, 1.165) is 22.7 Å². The highest BCUT2D eigenvalue weighted by Gasteiger charge is 2.29. The van der Waals surface area contributed by atoms with Gasteiger partial charge < -0.3 is 0 Å². The Morgan fingerprint density at radius 2 is 1.84 bits per heavy atom. The zero-order valence-electron chi connectivity index (χ0n) is 9.78. The second-order valence-corrected chi connectivity index (χ2v) is 4.92. The molecule has 0 aliphatic heterocycles. The molecule has 2 rings (SSSR count). The number of nitrogens with zero attached hydrogens (tertiary/aromatic N) is 1. The van der Waals surface area contributed by atoms with E-state index in [1.165, 1.54) is 23.5 Å². The number of aryl methyl sites for hydroxylation is 2. The topological polar surface area (TPSA) is 30.0 Å². The fourth-order valence-corrected chi connectivity index (χ4v) is 2.35. The number of hydrogen-bond donors (Lipinski definition) is 0. The summed E-state index contributed by atoms with van der Waals surface area (Å²) in [5, 5.41) is 2.47. The van der Waals surface area contributed by atoms with Gasteiger partial charge in [-0.15, -0.1) is 11.3 Å². The third kappa shape index (κ3) is 3.64. The first-order valence-electron chi connectivity index (χ1n) is 5.55. The zero-order chi connectivity index (χ0) is 13.9. The summed E-state index contributed by atoms with van der Waals surface area (Å²) >= 11 is 1.38. The number of carbonyl (C=O) groups excluding carboxylic acids is 1. The summed E-state index contributed by atoms with van der Waals surface area (Å²) in [4.78, 5) is 14.5. The van der Waals surface area contributed by atoms with Gasteiger partial charge in [0.2, 0.25) is 0 Å². The first kappa shape index (κ1) is 13.7. The number of benzene rings is 1. The van der Waals surface area contributed by atoms with Crippen LogP contribution in [0.5, 0.6) is 0 Å². The van der Waals surface area contributed by atoms with Crippen LogP contribution in [-0.4, -0.2) is 11.3 Å². The van der Waals surface area contributed by atoms with Crippen LogP contribution in [0.4, 0.5) is 13.2 Å². The Morgan fingerprint density at radius 3 is 2.37 bits per heavy atom. The molecule has 1 heterocycles. The molecule has 0 N–H and O–H groups in total. The third-order valence-corrected chi connectivity index (χ3v) is 3.53. The van der Waals surface area contributed by atoms with Gasteiger partial charge in [-0.2, -0.15) is 13.2 Å². The van der Waals surface area contributed by atoms with Crippen LogP contribution in [0.2, 0.25) is 0 Å². The molecule has 0 aliphatic carbocycles. The van der Waals surface area contributed by atoms with Crippen LogP contribution in [0.15, 0.2) is 29.6 Å². The Hall–Kier alpha value is -1.69. The number of thiazole rings is 1. The van der Waals surface area contributed by atoms with E-state index in [-0.39, 0.29) is 0 Å². The molecule has 0 aliphatic rings. The van der Waals surface area contributed by atoms with Crippen LogP contribution >= 0.6 is 11.3 Å². The van der Waals surface area contributed by atoms with Crippen molar-refractivity contribution in [3.05, 3.63) is 51.5 Å². The Kier molecular flexibility index (Phi) is 3.99. The van der Waals surface area contributed by atoms with Gasteiger partial charge in [0.05, 0.1) is 10.6 Å². The van der Waals surface area contributed by atoms with Gasteiger partial charge in [0.15, 0.2) is 6.29 Å². The van der Waals surface area contributed by atoms with E-state index in [1.807, 2.05) is 0 Å². The number of halogens is 3. The lowest BCUT2D eigenvalue weighted by Crippen LogP contribution is -2.04. The minimum atomic E-state index is -4.30. The molecule has 2 aromatic rings. The van der Waals surface area contributed by atoms with Crippen molar-refractivity contribution in [2.24, 2.45) is 0 Å². The summed E-state index contributed by atoms with van der Waals surface area (Å²) in [5.74, 6) is 0. The van der Waals surface area contributed by atoms with Gasteiger partial charge in [0.1, 0.15) is 5.69 Å². The van der Waals surface area contributed by atoms with Crippen molar-refractivity contribution < 1.29 is 18.0 Å². The van der Waals surface area contributed by atoms with Crippen LogP contribution < -0.4 is 0 Å². The SMILES string of the molecule is O=Cc1csc(CCc2ccc(C(F)(F)F)cc2)n1. The Labute approximate surface area is 111 Å². The molecule has 1 aromatic carbocycles. The summed E-state index contributed by atoms with van der Waals surface area (Å²) in [5.41, 5.74) is 0.567. The van der Waals surface area contributed by atoms with Crippen LogP contribution in [0.3, 0.4) is 0 Å². The van der Waals surface area contributed by atoms with Gasteiger partial charge in [-0.05, 0) is 24.1 Å². The van der Waals surface area contributed by atoms with E-state index in [0.29, 0.717) is 24.8 Å². The summed E-state index contributed by atoms with van der Waals surface area (Å²) in [7, 11) is 0. The molecule has 100 valence electrons. The van der Waals surface area contributed by atoms with E-state index in [1.54, 1.807) is 5.38 Å². The van der Waals surface area contributed by atoms with Gasteiger partial charge in [0, 0.05) is 11.8 Å². The van der Waals surface area contributed by atoms with Crippen LogP contribution in [-0.2, 0) is 19.0 Å². The van der Waals surface area contributed by atoms with Crippen LogP contribution in [0.25, 0.3) is 0 Å². The van der Waals surface area contributed by atoms with Gasteiger partial charge in [-0.3, -0.25) is 4.79 Å². The van der Waals surface area contributed by atoms with E-state index >= 15 is 0 Å². The minimum absolute atomic E-state index is 0.396. The molecule has 0 bridgehead atoms. The van der Waals surface area contributed by atoms with Crippen LogP contribution in [0.1, 0.15) is 26.6 Å². The predicted molar refractivity (Wildman–Crippen MR) is 66.4 cm³/mol. The van der Waals surface area contributed by atoms with Crippen molar-refractivity contribution in [3.63, 3.8) is 0 Å². The number of carbonyl (C=O) groups is 1. The summed E-state index contributed by atoms with van der Waals surface area (Å²) in [6, 6.07) is 5.09. The maximum absolute atomic E-state index is 12.4. The molecule has 2 nitrogen and oxygen atoms in total. The molecule has 0 amide bonds. The lowest BCUT2D eigenvalue weighted by Gasteiger charge is -2.07. The summed E-state index contributed by atoms with van der Waals surface area (Å²) in [6.07, 6.45) is -2.40. The third-order valence-electron chi connectivity index (χ3n) is 2.60. The normalized spacial score (nSPS) is 11.5. The van der Waals surface area contributed by atoms with E-state index in [4.69, 9.17) is 0 Å². The van der Waals surface area contributed by atoms with Gasteiger partial charge in [-0.1, -0.05) is 12.1 Å². The standard InChI is InChI=1S/C13H10F3NOS/c14-13(15,16)10-4-1-9(2-5-10)3-6-12-17-11(7-18)8-19-12/h1-2,4-5,7-8H,3,6H2. The molecule has 0 saturated carbocycles. The first-order chi connectivity index (χ1) is 8.99. The second kappa shape index (κ2) is 5.52. The van der Waals surface area contributed by atoms with Crippen molar-refractivity contribution in [3.8, 4) is 0 Å². The lowest BCUT2D eigenvalue weighted by molar-refractivity contribution is -0.137. The van der Waals surface area contributed by atoms with Crippen molar-refractivity contribution in [2.45, 2.75) is 19.0 Å². The Morgan fingerprint density at radius 1 is 1.16 bits per heavy atom. The zero-order valence-corrected chi connectivity index (χ0v) is 10.6. The number of aldehydes is 1. The fraction of sp³-hybridized carbons (Fsp3) is 0.231. The maximum Gasteiger partial charge on any atom is 0.416 e. The molecule has 0 radical (unpaired) electrons. The Balaban J connectivity index is 1.98. The van der Waals surface area contributed by atoms with E-state index in [9.17, 15) is 18.0 Å². The molecule has 1 aromatic heterocycles. The smallest absolute Gasteiger partial charge is 0.296 e. The van der Waals surface area contributed by atoms with Gasteiger partial charge in [-0.25, -0.2) is 4.98 Å². The molecule has 6 heteroatoms. The molecule has 0 atom stereocenters. The number of alkyl halides is 3. The number of rotatable bonds is 4. The van der Waals surface area contributed by atoms with Crippen molar-refractivity contribution in [1.82, 2.24) is 4.98 Å². The molecular weight excluding hydrogens is 275 g/mol. The molecule has 0 saturated heterocycles. The highest BCUT2D eigenvalue weighted by atomic mass is 32.1. The number of hydrogen-bond acceptors (Lipinski definition) is 3. The predicted octanol–water partition coefficient (Wildman–Crippen LogP) is 3.76. The maximum atomic E-state index is 12.4.